The number of amides is 1. The highest BCUT2D eigenvalue weighted by Gasteiger charge is 2.18. The zero-order valence-corrected chi connectivity index (χ0v) is 18.4. The molecule has 0 aliphatic heterocycles. The minimum atomic E-state index is -0.478. The molecule has 3 rings (SSSR count). The summed E-state index contributed by atoms with van der Waals surface area (Å²) in [5.74, 6) is 0.305. The fraction of sp³-hybridized carbons (Fsp3) is 0.227. The minimum Gasteiger partial charge on any atom is -0.495 e. The van der Waals surface area contributed by atoms with Gasteiger partial charge in [0.1, 0.15) is 5.75 Å². The van der Waals surface area contributed by atoms with E-state index in [0.717, 1.165) is 5.56 Å². The van der Waals surface area contributed by atoms with E-state index in [9.17, 15) is 9.59 Å². The van der Waals surface area contributed by atoms with Crippen molar-refractivity contribution in [1.29, 1.82) is 0 Å². The predicted octanol–water partition coefficient (Wildman–Crippen LogP) is 4.45. The fourth-order valence-electron chi connectivity index (χ4n) is 2.86. The molecule has 0 aliphatic carbocycles. The molecule has 2 aromatic carbocycles. The van der Waals surface area contributed by atoms with E-state index in [1.807, 2.05) is 37.3 Å². The number of aryl methyl sites for hydroxylation is 1. The molecule has 0 fully saturated rings. The van der Waals surface area contributed by atoms with E-state index < -0.39 is 5.25 Å². The molecule has 2 N–H and O–H groups in total. The molecule has 0 saturated heterocycles. The maximum absolute atomic E-state index is 12.6. The van der Waals surface area contributed by atoms with Gasteiger partial charge in [-0.25, -0.2) is 4.98 Å². The number of ether oxygens (including phenoxy) is 1. The first-order valence-corrected chi connectivity index (χ1v) is 10.6. The van der Waals surface area contributed by atoms with Crippen LogP contribution in [0.5, 0.6) is 5.75 Å². The van der Waals surface area contributed by atoms with E-state index >= 15 is 0 Å². The van der Waals surface area contributed by atoms with Gasteiger partial charge in [-0.05, 0) is 37.6 Å². The third-order valence-electron chi connectivity index (χ3n) is 4.50. The number of benzene rings is 2. The third-order valence-corrected chi connectivity index (χ3v) is 5.78. The summed E-state index contributed by atoms with van der Waals surface area (Å²) in [5.41, 5.74) is 2.69. The van der Waals surface area contributed by atoms with Gasteiger partial charge in [0, 0.05) is 23.4 Å². The number of anilines is 1. The van der Waals surface area contributed by atoms with Gasteiger partial charge in [0.15, 0.2) is 5.16 Å². The molecule has 3 aromatic rings. The molecule has 1 heterocycles. The monoisotopic (exact) mass is 443 g/mol. The van der Waals surface area contributed by atoms with Crippen LogP contribution in [-0.4, -0.2) is 28.2 Å². The van der Waals surface area contributed by atoms with Crippen molar-refractivity contribution in [3.05, 3.63) is 80.7 Å². The number of hydrogen-bond donors (Lipinski definition) is 2. The highest BCUT2D eigenvalue weighted by atomic mass is 35.5. The average Bonchev–Trinajstić information content (AvgIpc) is 2.71. The van der Waals surface area contributed by atoms with Crippen molar-refractivity contribution in [3.8, 4) is 5.75 Å². The molecule has 0 spiro atoms. The number of nitrogens with zero attached hydrogens (tertiary/aromatic N) is 1. The van der Waals surface area contributed by atoms with Crippen molar-refractivity contribution in [3.63, 3.8) is 0 Å². The average molecular weight is 444 g/mol. The Morgan fingerprint density at radius 3 is 2.63 bits per heavy atom. The van der Waals surface area contributed by atoms with E-state index in [1.54, 1.807) is 25.1 Å². The predicted molar refractivity (Wildman–Crippen MR) is 121 cm³/mol. The molecule has 1 atom stereocenters. The number of rotatable bonds is 7. The van der Waals surface area contributed by atoms with Crippen molar-refractivity contribution >= 4 is 35.0 Å². The van der Waals surface area contributed by atoms with E-state index in [1.165, 1.54) is 18.9 Å². The van der Waals surface area contributed by atoms with Crippen LogP contribution in [0.15, 0.2) is 58.5 Å². The number of carbonyl (C=O) groups is 1. The first kappa shape index (κ1) is 21.9. The lowest BCUT2D eigenvalue weighted by molar-refractivity contribution is -0.115. The van der Waals surface area contributed by atoms with Crippen LogP contribution in [0.2, 0.25) is 5.02 Å². The Labute approximate surface area is 184 Å². The Morgan fingerprint density at radius 1 is 1.27 bits per heavy atom. The maximum Gasteiger partial charge on any atom is 0.255 e. The molecule has 6 nitrogen and oxygen atoms in total. The van der Waals surface area contributed by atoms with Gasteiger partial charge in [-0.3, -0.25) is 9.59 Å². The summed E-state index contributed by atoms with van der Waals surface area (Å²) in [6.07, 6.45) is 0.508. The molecular weight excluding hydrogens is 422 g/mol. The molecule has 30 heavy (non-hydrogen) atoms. The van der Waals surface area contributed by atoms with Crippen LogP contribution in [0.1, 0.15) is 23.7 Å². The van der Waals surface area contributed by atoms with E-state index in [-0.39, 0.29) is 11.5 Å². The fourth-order valence-corrected chi connectivity index (χ4v) is 3.96. The van der Waals surface area contributed by atoms with Crippen molar-refractivity contribution in [2.75, 3.05) is 12.4 Å². The standard InChI is InChI=1S/C22H22ClN3O3S/c1-13-17(11-15-7-5-4-6-8-15)21(28)26-22(24-13)30-14(2)20(27)25-16-9-10-19(29-3)18(23)12-16/h4-10,12,14H,11H2,1-3H3,(H,25,27)(H,24,26,28). The number of aromatic nitrogens is 2. The Bertz CT molecular complexity index is 1100. The van der Waals surface area contributed by atoms with Gasteiger partial charge in [0.25, 0.3) is 5.56 Å². The van der Waals surface area contributed by atoms with Gasteiger partial charge in [-0.1, -0.05) is 53.7 Å². The molecule has 1 aromatic heterocycles. The van der Waals surface area contributed by atoms with Crippen LogP contribution in [0.25, 0.3) is 0 Å². The molecule has 8 heteroatoms. The van der Waals surface area contributed by atoms with Crippen LogP contribution in [0, 0.1) is 6.92 Å². The summed E-state index contributed by atoms with van der Waals surface area (Å²) in [4.78, 5) is 32.4. The Balaban J connectivity index is 1.68. The number of nitrogens with one attached hydrogen (secondary N) is 2. The lowest BCUT2D eigenvalue weighted by Crippen LogP contribution is -2.24. The van der Waals surface area contributed by atoms with Gasteiger partial charge < -0.3 is 15.0 Å². The first-order valence-electron chi connectivity index (χ1n) is 9.32. The number of carbonyl (C=O) groups excluding carboxylic acids is 1. The zero-order chi connectivity index (χ0) is 21.7. The highest BCUT2D eigenvalue weighted by Crippen LogP contribution is 2.28. The highest BCUT2D eigenvalue weighted by molar-refractivity contribution is 8.00. The normalized spacial score (nSPS) is 11.7. The number of methoxy groups -OCH3 is 1. The zero-order valence-electron chi connectivity index (χ0n) is 16.9. The SMILES string of the molecule is COc1ccc(NC(=O)C(C)Sc2nc(C)c(Cc3ccccc3)c(=O)[nH]2)cc1Cl. The molecule has 0 bridgehead atoms. The van der Waals surface area contributed by atoms with E-state index in [0.29, 0.717) is 39.3 Å². The number of thioether (sulfide) groups is 1. The second-order valence-electron chi connectivity index (χ2n) is 6.70. The minimum absolute atomic E-state index is 0.191. The Kier molecular flexibility index (Phi) is 7.18. The summed E-state index contributed by atoms with van der Waals surface area (Å²) < 4.78 is 5.11. The van der Waals surface area contributed by atoms with Crippen molar-refractivity contribution in [2.24, 2.45) is 0 Å². The number of H-pyrrole nitrogens is 1. The summed E-state index contributed by atoms with van der Waals surface area (Å²) in [7, 11) is 1.53. The van der Waals surface area contributed by atoms with Crippen LogP contribution in [0.4, 0.5) is 5.69 Å². The third kappa shape index (κ3) is 5.43. The molecule has 1 unspecified atom stereocenters. The molecule has 0 radical (unpaired) electrons. The first-order chi connectivity index (χ1) is 14.4. The summed E-state index contributed by atoms with van der Waals surface area (Å²) >= 11 is 7.29. The summed E-state index contributed by atoms with van der Waals surface area (Å²) in [6.45, 7) is 3.56. The van der Waals surface area contributed by atoms with Crippen LogP contribution >= 0.6 is 23.4 Å². The summed E-state index contributed by atoms with van der Waals surface area (Å²) in [5, 5.41) is 3.15. The van der Waals surface area contributed by atoms with Crippen molar-refractivity contribution < 1.29 is 9.53 Å². The topological polar surface area (TPSA) is 84.1 Å². The molecule has 0 aliphatic rings. The number of aromatic amines is 1. The van der Waals surface area contributed by atoms with Crippen molar-refractivity contribution in [1.82, 2.24) is 9.97 Å². The quantitative estimate of drug-likeness (QED) is 0.416. The van der Waals surface area contributed by atoms with Crippen LogP contribution < -0.4 is 15.6 Å². The summed E-state index contributed by atoms with van der Waals surface area (Å²) in [6, 6.07) is 14.8. The molecule has 0 saturated carbocycles. The number of halogens is 1. The molecule has 156 valence electrons. The van der Waals surface area contributed by atoms with Gasteiger partial charge in [0.05, 0.1) is 17.4 Å². The number of hydrogen-bond acceptors (Lipinski definition) is 5. The van der Waals surface area contributed by atoms with E-state index in [4.69, 9.17) is 16.3 Å². The second-order valence-corrected chi connectivity index (χ2v) is 8.43. The lowest BCUT2D eigenvalue weighted by Gasteiger charge is -2.13. The second kappa shape index (κ2) is 9.82. The Morgan fingerprint density at radius 2 is 2.00 bits per heavy atom. The van der Waals surface area contributed by atoms with Gasteiger partial charge in [0.2, 0.25) is 5.91 Å². The Hall–Kier alpha value is -2.77. The smallest absolute Gasteiger partial charge is 0.255 e. The maximum atomic E-state index is 12.6. The van der Waals surface area contributed by atoms with E-state index in [2.05, 4.69) is 15.3 Å². The molecular formula is C22H22ClN3O3S. The van der Waals surface area contributed by atoms with Gasteiger partial charge in [-0.15, -0.1) is 0 Å². The van der Waals surface area contributed by atoms with Gasteiger partial charge in [-0.2, -0.15) is 0 Å². The van der Waals surface area contributed by atoms with Crippen molar-refractivity contribution in [2.45, 2.75) is 30.7 Å². The van der Waals surface area contributed by atoms with Crippen LogP contribution in [0.3, 0.4) is 0 Å². The van der Waals surface area contributed by atoms with Gasteiger partial charge >= 0.3 is 0 Å². The largest absolute Gasteiger partial charge is 0.495 e. The van der Waals surface area contributed by atoms with Crippen LogP contribution in [-0.2, 0) is 11.2 Å². The lowest BCUT2D eigenvalue weighted by atomic mass is 10.1. The molecule has 1 amide bonds.